The summed E-state index contributed by atoms with van der Waals surface area (Å²) < 4.78 is 30.0. The third kappa shape index (κ3) is 6.83. The van der Waals surface area contributed by atoms with Gasteiger partial charge in [0, 0.05) is 5.69 Å². The molecule has 0 aliphatic heterocycles. The van der Waals surface area contributed by atoms with Crippen molar-refractivity contribution in [3.63, 3.8) is 0 Å². The van der Waals surface area contributed by atoms with Crippen LogP contribution in [0, 0.1) is 11.6 Å². The second-order valence-corrected chi connectivity index (χ2v) is 11.0. The summed E-state index contributed by atoms with van der Waals surface area (Å²) in [5.41, 5.74) is 0.216. The molecule has 0 spiro atoms. The highest BCUT2D eigenvalue weighted by Gasteiger charge is 2.20. The van der Waals surface area contributed by atoms with Gasteiger partial charge in [-0.3, -0.25) is 19.5 Å². The Kier molecular flexibility index (Phi) is 9.08. The number of hydrogen-bond acceptors (Lipinski definition) is 9. The lowest BCUT2D eigenvalue weighted by atomic mass is 10.2. The van der Waals surface area contributed by atoms with Gasteiger partial charge in [0.15, 0.2) is 15.3 Å². The second kappa shape index (κ2) is 12.4. The highest BCUT2D eigenvalue weighted by Crippen LogP contribution is 2.26. The van der Waals surface area contributed by atoms with E-state index in [0.717, 1.165) is 27.9 Å². The van der Waals surface area contributed by atoms with Crippen LogP contribution in [0.4, 0.5) is 13.9 Å². The largest absolute Gasteiger partial charge is 0.345 e. The normalized spacial score (nSPS) is 10.9. The molecular weight excluding hydrogens is 564 g/mol. The number of thioether (sulfide) groups is 2. The van der Waals surface area contributed by atoms with Crippen LogP contribution in [0.15, 0.2) is 52.0 Å². The molecule has 37 heavy (non-hydrogen) atoms. The van der Waals surface area contributed by atoms with Gasteiger partial charge in [-0.1, -0.05) is 59.5 Å². The first-order valence-corrected chi connectivity index (χ1v) is 13.8. The molecule has 0 aliphatic carbocycles. The Labute approximate surface area is 227 Å². The van der Waals surface area contributed by atoms with E-state index >= 15 is 0 Å². The lowest BCUT2D eigenvalue weighted by Crippen LogP contribution is -2.26. The molecule has 0 radical (unpaired) electrons. The summed E-state index contributed by atoms with van der Waals surface area (Å²) in [6, 6.07) is 9.48. The number of halogens is 3. The molecular formula is C22H18ClF2N7O2S3. The molecule has 0 atom stereocenters. The molecule has 2 aromatic heterocycles. The van der Waals surface area contributed by atoms with E-state index in [0.29, 0.717) is 16.0 Å². The predicted octanol–water partition coefficient (Wildman–Crippen LogP) is 4.82. The van der Waals surface area contributed by atoms with E-state index in [-0.39, 0.29) is 34.6 Å². The van der Waals surface area contributed by atoms with Crippen LogP contribution >= 0.6 is 46.5 Å². The molecule has 2 aromatic carbocycles. The zero-order chi connectivity index (χ0) is 26.4. The standard InChI is InChI=1S/C22H18ClF2N7O2S3/c1-2-35-22-31-29-20(37-22)27-17(33)11-36-21-30-28-16(32(21)13-8-6-12(24)7-9-13)10-26-19(34)18-14(23)4-3-5-15(18)25/h3-9H,2,10-11H2,1H3,(H,26,34)(H,27,29,33). The lowest BCUT2D eigenvalue weighted by molar-refractivity contribution is -0.113. The third-order valence-corrected chi connectivity index (χ3v) is 7.73. The minimum absolute atomic E-state index is 0.0215. The van der Waals surface area contributed by atoms with Crippen molar-refractivity contribution in [1.29, 1.82) is 0 Å². The van der Waals surface area contributed by atoms with Crippen LogP contribution in [0.1, 0.15) is 23.1 Å². The lowest BCUT2D eigenvalue weighted by Gasteiger charge is -2.11. The Bertz CT molecular complexity index is 1400. The maximum atomic E-state index is 14.1. The molecule has 2 N–H and O–H groups in total. The second-order valence-electron chi connectivity index (χ2n) is 7.13. The monoisotopic (exact) mass is 581 g/mol. The summed E-state index contributed by atoms with van der Waals surface area (Å²) in [5.74, 6) is -1.16. The van der Waals surface area contributed by atoms with E-state index in [9.17, 15) is 18.4 Å². The van der Waals surface area contributed by atoms with E-state index in [1.165, 1.54) is 59.5 Å². The van der Waals surface area contributed by atoms with Crippen LogP contribution < -0.4 is 10.6 Å². The molecule has 0 saturated heterocycles. The topological polar surface area (TPSA) is 115 Å². The van der Waals surface area contributed by atoms with Gasteiger partial charge in [0.1, 0.15) is 11.6 Å². The van der Waals surface area contributed by atoms with E-state index in [1.54, 1.807) is 4.57 Å². The number of nitrogens with one attached hydrogen (secondary N) is 2. The molecule has 0 fully saturated rings. The highest BCUT2D eigenvalue weighted by atomic mass is 35.5. The van der Waals surface area contributed by atoms with Gasteiger partial charge in [0.05, 0.1) is 22.9 Å². The SMILES string of the molecule is CCSc1nnc(NC(=O)CSc2nnc(CNC(=O)c3c(F)cccc3Cl)n2-c2ccc(F)cc2)s1. The molecule has 0 saturated carbocycles. The van der Waals surface area contributed by atoms with Crippen molar-refractivity contribution >= 4 is 63.4 Å². The summed E-state index contributed by atoms with van der Waals surface area (Å²) in [7, 11) is 0. The maximum absolute atomic E-state index is 14.1. The molecule has 4 aromatic rings. The number of benzene rings is 2. The molecule has 0 unspecified atom stereocenters. The number of nitrogens with zero attached hydrogens (tertiary/aromatic N) is 5. The fourth-order valence-electron chi connectivity index (χ4n) is 3.05. The maximum Gasteiger partial charge on any atom is 0.256 e. The van der Waals surface area contributed by atoms with Crippen LogP contribution in [0.25, 0.3) is 5.69 Å². The van der Waals surface area contributed by atoms with Gasteiger partial charge in [-0.2, -0.15) is 0 Å². The smallest absolute Gasteiger partial charge is 0.256 e. The van der Waals surface area contributed by atoms with Gasteiger partial charge in [0.25, 0.3) is 5.91 Å². The first-order chi connectivity index (χ1) is 17.9. The predicted molar refractivity (Wildman–Crippen MR) is 140 cm³/mol. The van der Waals surface area contributed by atoms with Crippen molar-refractivity contribution in [1.82, 2.24) is 30.3 Å². The van der Waals surface area contributed by atoms with Crippen LogP contribution in [0.3, 0.4) is 0 Å². The number of carbonyl (C=O) groups excluding carboxylic acids is 2. The molecule has 9 nitrogen and oxygen atoms in total. The average molecular weight is 582 g/mol. The minimum Gasteiger partial charge on any atom is -0.345 e. The van der Waals surface area contributed by atoms with Crippen LogP contribution in [0.2, 0.25) is 5.02 Å². The van der Waals surface area contributed by atoms with Crippen molar-refractivity contribution in [2.24, 2.45) is 0 Å². The molecule has 4 rings (SSSR count). The molecule has 15 heteroatoms. The number of aromatic nitrogens is 5. The van der Waals surface area contributed by atoms with Gasteiger partial charge < -0.3 is 5.32 Å². The van der Waals surface area contributed by atoms with Crippen molar-refractivity contribution in [2.45, 2.75) is 23.0 Å². The fraction of sp³-hybridized carbons (Fsp3) is 0.182. The van der Waals surface area contributed by atoms with Gasteiger partial charge in [-0.25, -0.2) is 8.78 Å². The number of anilines is 1. The Hall–Kier alpha value is -3.07. The van der Waals surface area contributed by atoms with E-state index in [1.807, 2.05) is 6.92 Å². The van der Waals surface area contributed by atoms with Gasteiger partial charge in [-0.05, 0) is 42.2 Å². The summed E-state index contributed by atoms with van der Waals surface area (Å²) >= 11 is 9.87. The first kappa shape index (κ1) is 27.0. The summed E-state index contributed by atoms with van der Waals surface area (Å²) in [6.45, 7) is 1.86. The van der Waals surface area contributed by atoms with Crippen molar-refractivity contribution < 1.29 is 18.4 Å². The third-order valence-electron chi connectivity index (χ3n) is 4.64. The van der Waals surface area contributed by atoms with Gasteiger partial charge in [0.2, 0.25) is 11.0 Å². The first-order valence-electron chi connectivity index (χ1n) is 10.7. The molecule has 2 heterocycles. The molecule has 2 amide bonds. The van der Waals surface area contributed by atoms with Crippen LogP contribution in [-0.4, -0.2) is 48.3 Å². The number of hydrogen-bond donors (Lipinski definition) is 2. The zero-order valence-electron chi connectivity index (χ0n) is 19.1. The van der Waals surface area contributed by atoms with Crippen molar-refractivity contribution in [3.05, 3.63) is 70.5 Å². The molecule has 0 bridgehead atoms. The number of amides is 2. The van der Waals surface area contributed by atoms with Gasteiger partial charge >= 0.3 is 0 Å². The Morgan fingerprint density at radius 1 is 1.05 bits per heavy atom. The minimum atomic E-state index is -0.761. The van der Waals surface area contributed by atoms with E-state index in [2.05, 4.69) is 31.0 Å². The fourth-order valence-corrected chi connectivity index (χ4v) is 5.73. The van der Waals surface area contributed by atoms with Crippen molar-refractivity contribution in [2.75, 3.05) is 16.8 Å². The zero-order valence-corrected chi connectivity index (χ0v) is 22.3. The van der Waals surface area contributed by atoms with Gasteiger partial charge in [-0.15, -0.1) is 20.4 Å². The van der Waals surface area contributed by atoms with Crippen LogP contribution in [0.5, 0.6) is 0 Å². The van der Waals surface area contributed by atoms with Crippen LogP contribution in [-0.2, 0) is 11.3 Å². The summed E-state index contributed by atoms with van der Waals surface area (Å²) in [6.07, 6.45) is 0. The van der Waals surface area contributed by atoms with E-state index in [4.69, 9.17) is 11.6 Å². The Balaban J connectivity index is 1.49. The summed E-state index contributed by atoms with van der Waals surface area (Å²) in [4.78, 5) is 25.1. The quantitative estimate of drug-likeness (QED) is 0.202. The average Bonchev–Trinajstić information content (AvgIpc) is 3.48. The Morgan fingerprint density at radius 3 is 2.57 bits per heavy atom. The van der Waals surface area contributed by atoms with E-state index < -0.39 is 17.5 Å². The number of rotatable bonds is 10. The number of carbonyl (C=O) groups is 2. The highest BCUT2D eigenvalue weighted by molar-refractivity contribution is 8.01. The summed E-state index contributed by atoms with van der Waals surface area (Å²) in [5, 5.41) is 22.1. The molecule has 192 valence electrons. The van der Waals surface area contributed by atoms with Crippen molar-refractivity contribution in [3.8, 4) is 5.69 Å². The molecule has 0 aliphatic rings. The Morgan fingerprint density at radius 2 is 1.84 bits per heavy atom.